The zero-order chi connectivity index (χ0) is 29.6. The fraction of sp³-hybridized carbons (Fsp3) is 0.345. The number of fused-ring (bicyclic) bond motifs is 3. The first-order valence-electron chi connectivity index (χ1n) is 13.3. The number of hydrogen-bond acceptors (Lipinski definition) is 7. The fourth-order valence-corrected chi connectivity index (χ4v) is 5.12. The number of pyridine rings is 1. The lowest BCUT2D eigenvalue weighted by molar-refractivity contribution is -0.115. The van der Waals surface area contributed by atoms with Crippen LogP contribution in [0.3, 0.4) is 0 Å². The topological polar surface area (TPSA) is 162 Å². The van der Waals surface area contributed by atoms with Crippen LogP contribution in [0, 0.1) is 19.3 Å². The van der Waals surface area contributed by atoms with Gasteiger partial charge in [-0.15, -0.1) is 6.42 Å². The second-order valence-corrected chi connectivity index (χ2v) is 10.9. The number of phosphoric ester groups is 1. The van der Waals surface area contributed by atoms with Gasteiger partial charge in [0.25, 0.3) is 5.91 Å². The molecular formula is C29H34N5O6P. The van der Waals surface area contributed by atoms with Gasteiger partial charge in [0.2, 0.25) is 0 Å². The molecule has 0 bridgehead atoms. The zero-order valence-electron chi connectivity index (χ0n) is 23.1. The minimum atomic E-state index is -4.66. The highest BCUT2D eigenvalue weighted by Crippen LogP contribution is 2.39. The molecule has 0 aliphatic rings. The van der Waals surface area contributed by atoms with Gasteiger partial charge >= 0.3 is 7.82 Å². The number of ether oxygens (including phenoxy) is 1. The molecule has 0 unspecified atom stereocenters. The lowest BCUT2D eigenvalue weighted by atomic mass is 10.1. The van der Waals surface area contributed by atoms with E-state index in [2.05, 4.69) is 21.8 Å². The lowest BCUT2D eigenvalue weighted by Gasteiger charge is -2.14. The third-order valence-electron chi connectivity index (χ3n) is 6.60. The van der Waals surface area contributed by atoms with Crippen LogP contribution in [0.25, 0.3) is 21.9 Å². The Morgan fingerprint density at radius 2 is 1.93 bits per heavy atom. The van der Waals surface area contributed by atoms with Gasteiger partial charge in [-0.2, -0.15) is 0 Å². The first-order valence-corrected chi connectivity index (χ1v) is 14.9. The van der Waals surface area contributed by atoms with Crippen LogP contribution in [0.1, 0.15) is 42.3 Å². The van der Waals surface area contributed by atoms with Crippen molar-refractivity contribution in [1.82, 2.24) is 19.9 Å². The number of terminal acetylenes is 1. The second-order valence-electron chi connectivity index (χ2n) is 9.71. The Morgan fingerprint density at radius 1 is 1.15 bits per heavy atom. The maximum atomic E-state index is 11.3. The van der Waals surface area contributed by atoms with Crippen LogP contribution in [-0.2, 0) is 33.5 Å². The Labute approximate surface area is 238 Å². The van der Waals surface area contributed by atoms with Crippen LogP contribution in [-0.4, -0.2) is 50.0 Å². The van der Waals surface area contributed by atoms with Crippen LogP contribution in [0.2, 0.25) is 0 Å². The normalized spacial score (nSPS) is 11.6. The lowest BCUT2D eigenvalue weighted by Crippen LogP contribution is -2.25. The maximum absolute atomic E-state index is 11.3. The number of carbonyl (C=O) groups excluding carboxylic acids is 1. The van der Waals surface area contributed by atoms with Crippen LogP contribution in [0.4, 0.5) is 5.82 Å². The molecule has 0 saturated heterocycles. The molecule has 2 aromatic heterocycles. The zero-order valence-corrected chi connectivity index (χ0v) is 24.0. The van der Waals surface area contributed by atoms with Crippen molar-refractivity contribution in [2.75, 3.05) is 25.5 Å². The molecule has 0 radical (unpaired) electrons. The second kappa shape index (κ2) is 13.1. The Balaban J connectivity index is 1.63. The number of amides is 1. The van der Waals surface area contributed by atoms with E-state index in [1.54, 1.807) is 19.1 Å². The Morgan fingerprint density at radius 3 is 2.63 bits per heavy atom. The van der Waals surface area contributed by atoms with Gasteiger partial charge in [-0.3, -0.25) is 14.6 Å². The molecule has 12 heteroatoms. The van der Waals surface area contributed by atoms with Crippen molar-refractivity contribution >= 4 is 41.5 Å². The molecule has 4 aromatic rings. The molecule has 216 valence electrons. The van der Waals surface area contributed by atoms with Gasteiger partial charge in [-0.25, -0.2) is 14.5 Å². The molecule has 0 aliphatic carbocycles. The van der Waals surface area contributed by atoms with Crippen molar-refractivity contribution in [2.24, 2.45) is 0 Å². The summed E-state index contributed by atoms with van der Waals surface area (Å²) in [6.45, 7) is 5.53. The summed E-state index contributed by atoms with van der Waals surface area (Å²) in [5, 5.41) is 3.48. The average Bonchev–Trinajstić information content (AvgIpc) is 3.28. The standard InChI is InChI=1S/C29H34N5O6P/c1-4-6-7-25-33-27-28(34(25)18-21-9-11-24(19(3)16-21)40-41(36,37)38)22-10-8-20(17-23(22)32-29(27)30)12-14-39-15-13-31-26(35)5-2/h2,8-11,16-17H,4,6-7,12-15,18H2,1,3H3,(H2,30,32)(H,31,35)(H2,36,37,38). The minimum Gasteiger partial charge on any atom is -0.404 e. The Kier molecular flexibility index (Phi) is 9.63. The number of phosphoric acid groups is 1. The van der Waals surface area contributed by atoms with E-state index in [1.807, 2.05) is 30.2 Å². The van der Waals surface area contributed by atoms with Crippen LogP contribution < -0.4 is 15.6 Å². The van der Waals surface area contributed by atoms with Crippen LogP contribution in [0.5, 0.6) is 5.75 Å². The van der Waals surface area contributed by atoms with Gasteiger partial charge in [-0.1, -0.05) is 37.6 Å². The number of nitrogens with two attached hydrogens (primary N) is 1. The predicted molar refractivity (Wildman–Crippen MR) is 157 cm³/mol. The first kappa shape index (κ1) is 30.0. The molecule has 11 nitrogen and oxygen atoms in total. The third kappa shape index (κ3) is 7.63. The fourth-order valence-electron chi connectivity index (χ4n) is 4.66. The molecule has 4 rings (SSSR count). The van der Waals surface area contributed by atoms with Crippen molar-refractivity contribution in [3.63, 3.8) is 0 Å². The van der Waals surface area contributed by atoms with E-state index in [0.29, 0.717) is 49.6 Å². The van der Waals surface area contributed by atoms with Crippen LogP contribution in [0.15, 0.2) is 36.4 Å². The summed E-state index contributed by atoms with van der Waals surface area (Å²) in [6, 6.07) is 11.3. The molecule has 5 N–H and O–H groups in total. The molecule has 0 atom stereocenters. The summed E-state index contributed by atoms with van der Waals surface area (Å²) in [5.41, 5.74) is 11.3. The van der Waals surface area contributed by atoms with E-state index >= 15 is 0 Å². The number of hydrogen-bond donors (Lipinski definition) is 4. The average molecular weight is 580 g/mol. The largest absolute Gasteiger partial charge is 0.524 e. The van der Waals surface area contributed by atoms with Crippen molar-refractivity contribution < 1.29 is 28.4 Å². The maximum Gasteiger partial charge on any atom is 0.524 e. The van der Waals surface area contributed by atoms with E-state index in [9.17, 15) is 19.1 Å². The quantitative estimate of drug-likeness (QED) is 0.105. The van der Waals surface area contributed by atoms with Gasteiger partial charge < -0.3 is 24.9 Å². The van der Waals surface area contributed by atoms with Gasteiger partial charge in [-0.05, 0) is 54.5 Å². The summed E-state index contributed by atoms with van der Waals surface area (Å²) in [4.78, 5) is 39.0. The number of nitrogens with zero attached hydrogens (tertiary/aromatic N) is 3. The molecule has 2 heterocycles. The summed E-state index contributed by atoms with van der Waals surface area (Å²) in [6.07, 6.45) is 8.41. The van der Waals surface area contributed by atoms with E-state index in [-0.39, 0.29) is 5.75 Å². The highest BCUT2D eigenvalue weighted by Gasteiger charge is 2.20. The molecule has 0 fully saturated rings. The predicted octanol–water partition coefficient (Wildman–Crippen LogP) is 3.65. The summed E-state index contributed by atoms with van der Waals surface area (Å²) < 4.78 is 23.9. The number of imidazole rings is 1. The summed E-state index contributed by atoms with van der Waals surface area (Å²) >= 11 is 0. The number of carbonyl (C=O) groups is 1. The highest BCUT2D eigenvalue weighted by atomic mass is 31.2. The van der Waals surface area contributed by atoms with E-state index in [1.165, 1.54) is 0 Å². The Bertz CT molecular complexity index is 1660. The van der Waals surface area contributed by atoms with Crippen molar-refractivity contribution in [3.8, 4) is 18.1 Å². The summed E-state index contributed by atoms with van der Waals surface area (Å²) in [7, 11) is -4.66. The van der Waals surface area contributed by atoms with Crippen molar-refractivity contribution in [2.45, 2.75) is 46.1 Å². The number of unbranched alkanes of at least 4 members (excludes halogenated alkanes) is 1. The van der Waals surface area contributed by atoms with Crippen molar-refractivity contribution in [1.29, 1.82) is 0 Å². The van der Waals surface area contributed by atoms with E-state index in [0.717, 1.165) is 52.6 Å². The first-order chi connectivity index (χ1) is 19.6. The molecule has 0 saturated carbocycles. The summed E-state index contributed by atoms with van der Waals surface area (Å²) in [5.74, 6) is 2.91. The van der Waals surface area contributed by atoms with Gasteiger partial charge in [0, 0.05) is 24.9 Å². The van der Waals surface area contributed by atoms with Gasteiger partial charge in [0.15, 0.2) is 5.82 Å². The number of nitrogens with one attached hydrogen (secondary N) is 1. The smallest absolute Gasteiger partial charge is 0.404 e. The van der Waals surface area contributed by atoms with Gasteiger partial charge in [0.1, 0.15) is 17.1 Å². The van der Waals surface area contributed by atoms with Crippen LogP contribution >= 0.6 is 7.82 Å². The monoisotopic (exact) mass is 579 g/mol. The van der Waals surface area contributed by atoms with E-state index < -0.39 is 13.7 Å². The molecule has 2 aromatic carbocycles. The third-order valence-corrected chi connectivity index (χ3v) is 7.03. The Hall–Kier alpha value is -3.94. The molecule has 0 aliphatic heterocycles. The number of anilines is 1. The van der Waals surface area contributed by atoms with Gasteiger partial charge in [0.05, 0.1) is 24.2 Å². The number of benzene rings is 2. The molecule has 41 heavy (non-hydrogen) atoms. The number of nitrogen functional groups attached to an aromatic ring is 1. The molecule has 1 amide bonds. The molecular weight excluding hydrogens is 545 g/mol. The number of aromatic nitrogens is 3. The molecule has 0 spiro atoms. The minimum absolute atomic E-state index is 0.136. The number of aryl methyl sites for hydroxylation is 2. The highest BCUT2D eigenvalue weighted by molar-refractivity contribution is 7.46. The van der Waals surface area contributed by atoms with Crippen molar-refractivity contribution in [3.05, 3.63) is 58.9 Å². The number of rotatable bonds is 13. The SMILES string of the molecule is C#CC(=O)NCCOCCc1ccc2c(c1)nc(N)c1nc(CCCC)n(Cc3ccc(OP(=O)(O)O)c(C)c3)c12. The van der Waals surface area contributed by atoms with E-state index in [4.69, 9.17) is 26.4 Å².